The molecule has 0 aliphatic carbocycles. The number of unbranched alkanes of at least 4 members (excludes halogenated alkanes) is 3. The van der Waals surface area contributed by atoms with Gasteiger partial charge in [-0.3, -0.25) is 4.55 Å². The van der Waals surface area contributed by atoms with Gasteiger partial charge in [-0.05, 0) is 72.5 Å². The molecule has 4 aromatic rings. The minimum atomic E-state index is -3.67. The summed E-state index contributed by atoms with van der Waals surface area (Å²) < 4.78 is 38.0. The molecule has 7 nitrogen and oxygen atoms in total. The van der Waals surface area contributed by atoms with Crippen molar-refractivity contribution in [1.29, 1.82) is 0 Å². The van der Waals surface area contributed by atoms with Crippen molar-refractivity contribution in [2.45, 2.75) is 65.5 Å². The van der Waals surface area contributed by atoms with Crippen molar-refractivity contribution in [3.8, 4) is 11.5 Å². The first-order chi connectivity index (χ1) is 20.8. The molecule has 0 aromatic heterocycles. The lowest BCUT2D eigenvalue weighted by molar-refractivity contribution is 0.313. The van der Waals surface area contributed by atoms with Crippen LogP contribution in [0.5, 0.6) is 11.5 Å². The largest absolute Gasteiger partial charge is 0.493 e. The zero-order chi connectivity index (χ0) is 30.9. The summed E-state index contributed by atoms with van der Waals surface area (Å²) in [4.78, 5) is 0. The van der Waals surface area contributed by atoms with Gasteiger partial charge in [-0.25, -0.2) is 0 Å². The Labute approximate surface area is 257 Å². The number of ether oxygens (including phenoxy) is 2. The van der Waals surface area contributed by atoms with Gasteiger partial charge < -0.3 is 20.1 Å². The summed E-state index contributed by atoms with van der Waals surface area (Å²) in [6.45, 7) is 9.55. The molecule has 0 heterocycles. The highest BCUT2D eigenvalue weighted by Gasteiger charge is 2.10. The van der Waals surface area contributed by atoms with Crippen LogP contribution in [-0.4, -0.2) is 45.5 Å². The van der Waals surface area contributed by atoms with Crippen molar-refractivity contribution in [3.05, 3.63) is 83.9 Å². The molecule has 0 fully saturated rings. The number of hydrogen-bond donors (Lipinski definition) is 3. The lowest BCUT2D eigenvalue weighted by atomic mass is 10.0. The van der Waals surface area contributed by atoms with Crippen LogP contribution in [0.3, 0.4) is 0 Å². The van der Waals surface area contributed by atoms with Crippen molar-refractivity contribution in [2.75, 3.05) is 32.6 Å². The molecule has 3 N–H and O–H groups in total. The molecule has 43 heavy (non-hydrogen) atoms. The van der Waals surface area contributed by atoms with Crippen LogP contribution >= 0.6 is 0 Å². The van der Waals surface area contributed by atoms with Crippen molar-refractivity contribution < 1.29 is 22.4 Å². The molecule has 0 aliphatic heterocycles. The number of hydrogen-bond acceptors (Lipinski definition) is 6. The van der Waals surface area contributed by atoms with E-state index < -0.39 is 10.1 Å². The van der Waals surface area contributed by atoms with E-state index in [1.165, 1.54) is 58.4 Å². The highest BCUT2D eigenvalue weighted by Crippen LogP contribution is 2.29. The van der Waals surface area contributed by atoms with E-state index in [1.54, 1.807) is 0 Å². The van der Waals surface area contributed by atoms with Crippen LogP contribution in [0.4, 0.5) is 0 Å². The Kier molecular flexibility index (Phi) is 14.8. The van der Waals surface area contributed by atoms with Crippen LogP contribution < -0.4 is 20.1 Å². The highest BCUT2D eigenvalue weighted by molar-refractivity contribution is 7.85. The monoisotopic (exact) mass is 608 g/mol. The first kappa shape index (κ1) is 34.3. The average molecular weight is 609 g/mol. The molecule has 0 unspecified atom stereocenters. The Balaban J connectivity index is 0.000000934. The van der Waals surface area contributed by atoms with Crippen molar-refractivity contribution >= 4 is 31.7 Å². The summed E-state index contributed by atoms with van der Waals surface area (Å²) in [6, 6.07) is 25.8. The van der Waals surface area contributed by atoms with E-state index in [0.29, 0.717) is 6.26 Å². The third kappa shape index (κ3) is 12.2. The SMILES string of the molecule is CCCOc1ccc2ccccc2c1CNCCCCCCNCc1c(OCCC)ccc2ccccc12.CS(=O)(=O)O. The number of rotatable bonds is 17. The highest BCUT2D eigenvalue weighted by atomic mass is 32.2. The summed E-state index contributed by atoms with van der Waals surface area (Å²) in [5.74, 6) is 2.03. The zero-order valence-corrected chi connectivity index (χ0v) is 26.7. The van der Waals surface area contributed by atoms with E-state index in [0.717, 1.165) is 63.7 Å². The number of nitrogens with one attached hydrogen (secondary N) is 2. The van der Waals surface area contributed by atoms with Crippen molar-refractivity contribution in [1.82, 2.24) is 10.6 Å². The van der Waals surface area contributed by atoms with Gasteiger partial charge in [-0.1, -0.05) is 87.4 Å². The Morgan fingerprint density at radius 1 is 0.628 bits per heavy atom. The van der Waals surface area contributed by atoms with Crippen LogP contribution in [0.25, 0.3) is 21.5 Å². The van der Waals surface area contributed by atoms with E-state index in [-0.39, 0.29) is 0 Å². The van der Waals surface area contributed by atoms with Crippen molar-refractivity contribution in [2.24, 2.45) is 0 Å². The lowest BCUT2D eigenvalue weighted by Gasteiger charge is -2.15. The van der Waals surface area contributed by atoms with Crippen LogP contribution in [-0.2, 0) is 23.2 Å². The van der Waals surface area contributed by atoms with Gasteiger partial charge in [0.1, 0.15) is 11.5 Å². The summed E-state index contributed by atoms with van der Waals surface area (Å²) >= 11 is 0. The number of benzene rings is 4. The molecule has 8 heteroatoms. The van der Waals surface area contributed by atoms with Gasteiger partial charge in [-0.2, -0.15) is 8.42 Å². The van der Waals surface area contributed by atoms with Crippen LogP contribution in [0.1, 0.15) is 63.5 Å². The first-order valence-electron chi connectivity index (χ1n) is 15.4. The predicted octanol–water partition coefficient (Wildman–Crippen LogP) is 7.51. The van der Waals surface area contributed by atoms with E-state index >= 15 is 0 Å². The fraction of sp³-hybridized carbons (Fsp3) is 0.429. The second-order valence-corrected chi connectivity index (χ2v) is 12.2. The fourth-order valence-corrected chi connectivity index (χ4v) is 4.97. The van der Waals surface area contributed by atoms with E-state index in [9.17, 15) is 8.42 Å². The molecule has 0 spiro atoms. The zero-order valence-electron chi connectivity index (χ0n) is 25.9. The van der Waals surface area contributed by atoms with Crippen LogP contribution in [0.15, 0.2) is 72.8 Å². The van der Waals surface area contributed by atoms with Crippen LogP contribution in [0.2, 0.25) is 0 Å². The van der Waals surface area contributed by atoms with E-state index in [4.69, 9.17) is 14.0 Å². The third-order valence-electron chi connectivity index (χ3n) is 6.98. The molecule has 0 radical (unpaired) electrons. The molecule has 0 aliphatic rings. The maximum absolute atomic E-state index is 9.19. The minimum absolute atomic E-state index is 0.715. The maximum atomic E-state index is 9.19. The third-order valence-corrected chi connectivity index (χ3v) is 6.98. The molecule has 0 atom stereocenters. The molecule has 4 aromatic carbocycles. The molecular weight excluding hydrogens is 560 g/mol. The first-order valence-corrected chi connectivity index (χ1v) is 17.3. The summed E-state index contributed by atoms with van der Waals surface area (Å²) in [6.07, 6.45) is 7.61. The van der Waals surface area contributed by atoms with Gasteiger partial charge in [0.05, 0.1) is 19.5 Å². The Hall–Kier alpha value is -3.17. The molecule has 0 amide bonds. The molecule has 4 rings (SSSR count). The van der Waals surface area contributed by atoms with Gasteiger partial charge >= 0.3 is 0 Å². The normalized spacial score (nSPS) is 11.3. The quantitative estimate of drug-likeness (QED) is 0.0843. The summed E-state index contributed by atoms with van der Waals surface area (Å²) in [5, 5.41) is 12.4. The summed E-state index contributed by atoms with van der Waals surface area (Å²) in [7, 11) is -3.67. The topological polar surface area (TPSA) is 96.9 Å². The molecule has 0 bridgehead atoms. The Bertz CT molecular complexity index is 1400. The maximum Gasteiger partial charge on any atom is 0.261 e. The molecule has 0 saturated carbocycles. The second-order valence-electron chi connectivity index (χ2n) is 10.7. The van der Waals surface area contributed by atoms with Crippen molar-refractivity contribution in [3.63, 3.8) is 0 Å². The van der Waals surface area contributed by atoms with Gasteiger partial charge in [0, 0.05) is 24.2 Å². The molecule has 0 saturated heterocycles. The predicted molar refractivity (Wildman–Crippen MR) is 179 cm³/mol. The second kappa shape index (κ2) is 18.5. The van der Waals surface area contributed by atoms with E-state index in [1.807, 2.05) is 0 Å². The standard InChI is InChI=1S/C34H44N2O2.CH4O3S/c1-3-23-37-33-19-17-27-13-7-9-15-29(27)31(33)25-35-21-11-5-6-12-22-36-26-32-30-16-10-8-14-28(30)18-20-34(32)38-24-4-2;1-5(2,3)4/h7-10,13-20,35-36H,3-6,11-12,21-26H2,1-2H3;1H3,(H,2,3,4). The molecule has 234 valence electrons. The van der Waals surface area contributed by atoms with Gasteiger partial charge in [0.15, 0.2) is 0 Å². The molecular formula is C35H48N2O5S. The minimum Gasteiger partial charge on any atom is -0.493 e. The van der Waals surface area contributed by atoms with Gasteiger partial charge in [0.25, 0.3) is 10.1 Å². The fourth-order valence-electron chi connectivity index (χ4n) is 4.97. The number of fused-ring (bicyclic) bond motifs is 2. The Morgan fingerprint density at radius 3 is 1.42 bits per heavy atom. The van der Waals surface area contributed by atoms with E-state index in [2.05, 4.69) is 97.3 Å². The lowest BCUT2D eigenvalue weighted by Crippen LogP contribution is -2.17. The Morgan fingerprint density at radius 2 is 1.02 bits per heavy atom. The smallest absolute Gasteiger partial charge is 0.261 e. The summed E-state index contributed by atoms with van der Waals surface area (Å²) in [5.41, 5.74) is 2.55. The van der Waals surface area contributed by atoms with Gasteiger partial charge in [-0.15, -0.1) is 0 Å². The average Bonchev–Trinajstić information content (AvgIpc) is 2.99. The van der Waals surface area contributed by atoms with Crippen LogP contribution in [0, 0.1) is 0 Å². The van der Waals surface area contributed by atoms with Gasteiger partial charge in [0.2, 0.25) is 0 Å².